The maximum Gasteiger partial charge on any atom is 0.127 e. The number of benzene rings is 2. The van der Waals surface area contributed by atoms with E-state index in [2.05, 4.69) is 26.0 Å². The summed E-state index contributed by atoms with van der Waals surface area (Å²) in [5, 5.41) is 0. The molecule has 0 fully saturated rings. The van der Waals surface area contributed by atoms with E-state index in [4.69, 9.17) is 15.2 Å². The Morgan fingerprint density at radius 3 is 2.57 bits per heavy atom. The van der Waals surface area contributed by atoms with Crippen LogP contribution in [0.5, 0.6) is 11.5 Å². The van der Waals surface area contributed by atoms with E-state index in [1.807, 2.05) is 30.3 Å². The first-order valence-electron chi connectivity index (χ1n) is 7.29. The van der Waals surface area contributed by atoms with Gasteiger partial charge in [0.2, 0.25) is 0 Å². The van der Waals surface area contributed by atoms with Crippen LogP contribution in [0.2, 0.25) is 0 Å². The van der Waals surface area contributed by atoms with Crippen LogP contribution in [0.4, 0.5) is 5.69 Å². The van der Waals surface area contributed by atoms with Gasteiger partial charge >= 0.3 is 0 Å². The molecule has 0 saturated heterocycles. The summed E-state index contributed by atoms with van der Waals surface area (Å²) in [6.07, 6.45) is 1.09. The highest BCUT2D eigenvalue weighted by atomic mass is 16.5. The highest BCUT2D eigenvalue weighted by Crippen LogP contribution is 2.30. The van der Waals surface area contributed by atoms with E-state index in [-0.39, 0.29) is 0 Å². The molecule has 0 radical (unpaired) electrons. The standard InChI is InChI=1S/C18H23NO2/c1-4-13(2)16-7-5-6-8-17(16)21-12-14-9-10-15(19)11-18(14)20-3/h5-11,13H,4,12,19H2,1-3H3. The number of rotatable bonds is 6. The molecule has 1 unspecified atom stereocenters. The normalized spacial score (nSPS) is 12.0. The molecule has 0 aliphatic carbocycles. The van der Waals surface area contributed by atoms with E-state index < -0.39 is 0 Å². The number of anilines is 1. The van der Waals surface area contributed by atoms with Crippen molar-refractivity contribution in [3.05, 3.63) is 53.6 Å². The van der Waals surface area contributed by atoms with Crippen molar-refractivity contribution in [1.29, 1.82) is 0 Å². The van der Waals surface area contributed by atoms with Crippen LogP contribution in [-0.4, -0.2) is 7.11 Å². The third kappa shape index (κ3) is 3.69. The Hall–Kier alpha value is -2.16. The van der Waals surface area contributed by atoms with Gasteiger partial charge in [-0.2, -0.15) is 0 Å². The number of methoxy groups -OCH3 is 1. The lowest BCUT2D eigenvalue weighted by Crippen LogP contribution is -2.03. The van der Waals surface area contributed by atoms with Crippen molar-refractivity contribution >= 4 is 5.69 Å². The molecule has 0 amide bonds. The van der Waals surface area contributed by atoms with Crippen LogP contribution in [0.3, 0.4) is 0 Å². The van der Waals surface area contributed by atoms with Crippen LogP contribution in [0.15, 0.2) is 42.5 Å². The highest BCUT2D eigenvalue weighted by molar-refractivity contribution is 5.48. The van der Waals surface area contributed by atoms with Crippen molar-refractivity contribution in [1.82, 2.24) is 0 Å². The Labute approximate surface area is 126 Å². The molecule has 21 heavy (non-hydrogen) atoms. The van der Waals surface area contributed by atoms with Crippen LogP contribution in [-0.2, 0) is 6.61 Å². The molecule has 3 nitrogen and oxygen atoms in total. The zero-order chi connectivity index (χ0) is 15.2. The van der Waals surface area contributed by atoms with E-state index in [9.17, 15) is 0 Å². The van der Waals surface area contributed by atoms with Crippen LogP contribution >= 0.6 is 0 Å². The number of nitrogens with two attached hydrogens (primary N) is 1. The molecule has 112 valence electrons. The largest absolute Gasteiger partial charge is 0.496 e. The molecule has 2 aromatic carbocycles. The van der Waals surface area contributed by atoms with Crippen LogP contribution in [0, 0.1) is 0 Å². The van der Waals surface area contributed by atoms with Gasteiger partial charge < -0.3 is 15.2 Å². The third-order valence-corrected chi connectivity index (χ3v) is 3.76. The summed E-state index contributed by atoms with van der Waals surface area (Å²) in [6, 6.07) is 13.8. The van der Waals surface area contributed by atoms with Crippen molar-refractivity contribution in [2.75, 3.05) is 12.8 Å². The summed E-state index contributed by atoms with van der Waals surface area (Å²) < 4.78 is 11.4. The third-order valence-electron chi connectivity index (χ3n) is 3.76. The van der Waals surface area contributed by atoms with Gasteiger partial charge in [-0.3, -0.25) is 0 Å². The fourth-order valence-electron chi connectivity index (χ4n) is 2.27. The Morgan fingerprint density at radius 2 is 1.86 bits per heavy atom. The molecule has 0 spiro atoms. The summed E-state index contributed by atoms with van der Waals surface area (Å²) >= 11 is 0. The maximum absolute atomic E-state index is 6.01. The number of hydrogen-bond donors (Lipinski definition) is 1. The van der Waals surface area contributed by atoms with Crippen molar-refractivity contribution < 1.29 is 9.47 Å². The zero-order valence-electron chi connectivity index (χ0n) is 12.9. The summed E-state index contributed by atoms with van der Waals surface area (Å²) in [5.74, 6) is 2.18. The van der Waals surface area contributed by atoms with Gasteiger partial charge in [0.1, 0.15) is 18.1 Å². The summed E-state index contributed by atoms with van der Waals surface area (Å²) in [5.41, 5.74) is 8.70. The lowest BCUT2D eigenvalue weighted by Gasteiger charge is -2.16. The van der Waals surface area contributed by atoms with Gasteiger partial charge in [0.25, 0.3) is 0 Å². The molecule has 2 N–H and O–H groups in total. The van der Waals surface area contributed by atoms with Crippen molar-refractivity contribution in [2.24, 2.45) is 0 Å². The van der Waals surface area contributed by atoms with Gasteiger partial charge in [0.15, 0.2) is 0 Å². The molecule has 0 saturated carbocycles. The molecule has 0 bridgehead atoms. The second-order valence-electron chi connectivity index (χ2n) is 5.21. The van der Waals surface area contributed by atoms with Crippen molar-refractivity contribution in [3.8, 4) is 11.5 Å². The molecule has 1 atom stereocenters. The first kappa shape index (κ1) is 15.2. The zero-order valence-corrected chi connectivity index (χ0v) is 12.9. The van der Waals surface area contributed by atoms with E-state index in [0.717, 1.165) is 23.5 Å². The molecule has 2 aromatic rings. The molecular weight excluding hydrogens is 262 g/mol. The summed E-state index contributed by atoms with van der Waals surface area (Å²) in [4.78, 5) is 0. The van der Waals surface area contributed by atoms with Gasteiger partial charge in [-0.05, 0) is 36.1 Å². The van der Waals surface area contributed by atoms with Crippen LogP contribution < -0.4 is 15.2 Å². The number of nitrogen functional groups attached to an aromatic ring is 1. The first-order valence-corrected chi connectivity index (χ1v) is 7.29. The van der Waals surface area contributed by atoms with Gasteiger partial charge in [0, 0.05) is 17.3 Å². The number of para-hydroxylation sites is 1. The molecule has 3 heteroatoms. The van der Waals surface area contributed by atoms with Gasteiger partial charge in [-0.1, -0.05) is 32.0 Å². The van der Waals surface area contributed by atoms with Crippen molar-refractivity contribution in [3.63, 3.8) is 0 Å². The van der Waals surface area contributed by atoms with E-state index >= 15 is 0 Å². The Morgan fingerprint density at radius 1 is 1.10 bits per heavy atom. The van der Waals surface area contributed by atoms with E-state index in [1.54, 1.807) is 7.11 Å². The van der Waals surface area contributed by atoms with Gasteiger partial charge in [-0.15, -0.1) is 0 Å². The first-order chi connectivity index (χ1) is 10.2. The Kier molecular flexibility index (Phi) is 5.09. The monoisotopic (exact) mass is 285 g/mol. The molecule has 0 aromatic heterocycles. The molecule has 2 rings (SSSR count). The van der Waals surface area contributed by atoms with Crippen LogP contribution in [0.1, 0.15) is 37.3 Å². The summed E-state index contributed by atoms with van der Waals surface area (Å²) in [7, 11) is 1.64. The highest BCUT2D eigenvalue weighted by Gasteiger charge is 2.11. The fourth-order valence-corrected chi connectivity index (χ4v) is 2.27. The molecule has 0 aliphatic heterocycles. The van der Waals surface area contributed by atoms with E-state index in [0.29, 0.717) is 18.2 Å². The topological polar surface area (TPSA) is 44.5 Å². The number of ether oxygens (including phenoxy) is 2. The minimum absolute atomic E-state index is 0.469. The lowest BCUT2D eigenvalue weighted by molar-refractivity contribution is 0.292. The quantitative estimate of drug-likeness (QED) is 0.801. The smallest absolute Gasteiger partial charge is 0.127 e. The van der Waals surface area contributed by atoms with Gasteiger partial charge in [0.05, 0.1) is 7.11 Å². The van der Waals surface area contributed by atoms with Gasteiger partial charge in [-0.25, -0.2) is 0 Å². The summed E-state index contributed by atoms with van der Waals surface area (Å²) in [6.45, 7) is 4.87. The second-order valence-corrected chi connectivity index (χ2v) is 5.21. The molecule has 0 heterocycles. The maximum atomic E-state index is 6.01. The van der Waals surface area contributed by atoms with Crippen molar-refractivity contribution in [2.45, 2.75) is 32.8 Å². The fraction of sp³-hybridized carbons (Fsp3) is 0.333. The van der Waals surface area contributed by atoms with Crippen LogP contribution in [0.25, 0.3) is 0 Å². The average Bonchev–Trinajstić information content (AvgIpc) is 2.53. The second kappa shape index (κ2) is 7.02. The molecule has 0 aliphatic rings. The molecular formula is C18H23NO2. The minimum Gasteiger partial charge on any atom is -0.496 e. The predicted octanol–water partition coefficient (Wildman–Crippen LogP) is 4.37. The lowest BCUT2D eigenvalue weighted by atomic mass is 9.98. The average molecular weight is 285 g/mol. The Bertz CT molecular complexity index is 596. The predicted molar refractivity (Wildman–Crippen MR) is 86.9 cm³/mol. The number of hydrogen-bond acceptors (Lipinski definition) is 3. The SMILES string of the molecule is CCC(C)c1ccccc1OCc1ccc(N)cc1OC. The minimum atomic E-state index is 0.469. The van der Waals surface area contributed by atoms with E-state index in [1.165, 1.54) is 5.56 Å². The Balaban J connectivity index is 2.17.